The van der Waals surface area contributed by atoms with Crippen LogP contribution in [0.4, 0.5) is 11.4 Å². The molecule has 0 aromatic heterocycles. The molecule has 2 aromatic rings. The van der Waals surface area contributed by atoms with Gasteiger partial charge in [0.15, 0.2) is 5.71 Å². The SMILES string of the molecule is CCCCCCN1/C(=C/C=C/C=C/C2=[N+](C)c3ccccc3C2(C)C)C(C)(C)c2ccccc21.O=CO. The van der Waals surface area contributed by atoms with Crippen LogP contribution < -0.4 is 4.90 Å². The molecule has 0 radical (unpaired) electrons. The number of unbranched alkanes of at least 4 members (excludes halogenated alkanes) is 3. The molecule has 2 aromatic carbocycles. The molecule has 2 aliphatic heterocycles. The molecule has 196 valence electrons. The fourth-order valence-corrected chi connectivity index (χ4v) is 5.74. The van der Waals surface area contributed by atoms with E-state index >= 15 is 0 Å². The Balaban J connectivity index is 0.00000121. The summed E-state index contributed by atoms with van der Waals surface area (Å²) in [6, 6.07) is 17.7. The van der Waals surface area contributed by atoms with Crippen molar-refractivity contribution in [2.24, 2.45) is 0 Å². The quantitative estimate of drug-likeness (QED) is 0.175. The Morgan fingerprint density at radius 1 is 0.865 bits per heavy atom. The number of benzene rings is 2. The van der Waals surface area contributed by atoms with Gasteiger partial charge in [0.05, 0.1) is 5.41 Å². The van der Waals surface area contributed by atoms with Gasteiger partial charge in [-0.15, -0.1) is 0 Å². The first-order chi connectivity index (χ1) is 17.7. The summed E-state index contributed by atoms with van der Waals surface area (Å²) in [5.41, 5.74) is 8.27. The molecule has 0 saturated carbocycles. The second-order valence-corrected chi connectivity index (χ2v) is 10.8. The predicted molar refractivity (Wildman–Crippen MR) is 156 cm³/mol. The fraction of sp³-hybridized carbons (Fsp3) is 0.394. The molecule has 2 heterocycles. The average molecular weight is 500 g/mol. The summed E-state index contributed by atoms with van der Waals surface area (Å²) in [5, 5.41) is 6.89. The zero-order chi connectivity index (χ0) is 27.1. The van der Waals surface area contributed by atoms with Crippen LogP contribution >= 0.6 is 0 Å². The van der Waals surface area contributed by atoms with Crippen molar-refractivity contribution in [3.63, 3.8) is 0 Å². The van der Waals surface area contributed by atoms with Crippen LogP contribution in [0.3, 0.4) is 0 Å². The van der Waals surface area contributed by atoms with Crippen molar-refractivity contribution in [1.29, 1.82) is 0 Å². The number of carboxylic acid groups (broad SMARTS) is 1. The highest BCUT2D eigenvalue weighted by Gasteiger charge is 2.42. The monoisotopic (exact) mass is 499 g/mol. The highest BCUT2D eigenvalue weighted by molar-refractivity contribution is 6.03. The van der Waals surface area contributed by atoms with Crippen molar-refractivity contribution >= 4 is 23.6 Å². The number of rotatable bonds is 8. The van der Waals surface area contributed by atoms with Gasteiger partial charge in [-0.3, -0.25) is 4.79 Å². The van der Waals surface area contributed by atoms with Crippen LogP contribution in [0.1, 0.15) is 71.4 Å². The van der Waals surface area contributed by atoms with E-state index in [1.54, 1.807) is 0 Å². The van der Waals surface area contributed by atoms with Crippen molar-refractivity contribution in [1.82, 2.24) is 0 Å². The molecule has 0 amide bonds. The van der Waals surface area contributed by atoms with E-state index in [2.05, 4.69) is 130 Å². The van der Waals surface area contributed by atoms with E-state index in [4.69, 9.17) is 9.90 Å². The second kappa shape index (κ2) is 12.2. The van der Waals surface area contributed by atoms with Gasteiger partial charge in [0.2, 0.25) is 5.69 Å². The molecule has 4 heteroatoms. The van der Waals surface area contributed by atoms with Crippen LogP contribution in [0.15, 0.2) is 84.6 Å². The number of hydrogen-bond donors (Lipinski definition) is 1. The van der Waals surface area contributed by atoms with E-state index in [1.165, 1.54) is 59.6 Å². The first-order valence-electron chi connectivity index (χ1n) is 13.4. The molecule has 0 aliphatic carbocycles. The number of fused-ring (bicyclic) bond motifs is 2. The summed E-state index contributed by atoms with van der Waals surface area (Å²) in [6.45, 7) is 12.5. The average Bonchev–Trinajstić information content (AvgIpc) is 3.21. The van der Waals surface area contributed by atoms with E-state index in [0.29, 0.717) is 0 Å². The molecular formula is C33H43N2O2+. The van der Waals surface area contributed by atoms with Gasteiger partial charge in [0.1, 0.15) is 7.05 Å². The molecule has 0 fully saturated rings. The maximum absolute atomic E-state index is 8.36. The fourth-order valence-electron chi connectivity index (χ4n) is 5.74. The third-order valence-corrected chi connectivity index (χ3v) is 7.71. The summed E-state index contributed by atoms with van der Waals surface area (Å²) >= 11 is 0. The minimum Gasteiger partial charge on any atom is -0.483 e. The summed E-state index contributed by atoms with van der Waals surface area (Å²) in [6.07, 6.45) is 16.3. The van der Waals surface area contributed by atoms with Gasteiger partial charge in [-0.05, 0) is 38.0 Å². The second-order valence-electron chi connectivity index (χ2n) is 10.8. The Bertz CT molecular complexity index is 1210. The number of allylic oxidation sites excluding steroid dienone is 6. The Morgan fingerprint density at radius 3 is 2.19 bits per heavy atom. The van der Waals surface area contributed by atoms with Crippen LogP contribution in [0.25, 0.3) is 0 Å². The third-order valence-electron chi connectivity index (χ3n) is 7.71. The first kappa shape index (κ1) is 28.2. The Hall–Kier alpha value is -3.40. The minimum absolute atomic E-state index is 0.0124. The van der Waals surface area contributed by atoms with Gasteiger partial charge >= 0.3 is 0 Å². The number of hydrogen-bond acceptors (Lipinski definition) is 2. The summed E-state index contributed by atoms with van der Waals surface area (Å²) in [4.78, 5) is 10.9. The van der Waals surface area contributed by atoms with Gasteiger partial charge in [0, 0.05) is 41.1 Å². The Morgan fingerprint density at radius 2 is 1.51 bits per heavy atom. The highest BCUT2D eigenvalue weighted by atomic mass is 16.3. The summed E-state index contributed by atoms with van der Waals surface area (Å²) < 4.78 is 2.33. The molecule has 37 heavy (non-hydrogen) atoms. The maximum atomic E-state index is 8.36. The smallest absolute Gasteiger partial charge is 0.290 e. The molecule has 4 rings (SSSR count). The topological polar surface area (TPSA) is 43.5 Å². The van der Waals surface area contributed by atoms with E-state index in [0.717, 1.165) is 6.54 Å². The zero-order valence-electron chi connectivity index (χ0n) is 23.4. The lowest BCUT2D eigenvalue weighted by molar-refractivity contribution is -0.401. The lowest BCUT2D eigenvalue weighted by Gasteiger charge is -2.27. The van der Waals surface area contributed by atoms with Crippen molar-refractivity contribution < 1.29 is 14.5 Å². The molecule has 4 nitrogen and oxygen atoms in total. The lowest BCUT2D eigenvalue weighted by Crippen LogP contribution is -2.27. The van der Waals surface area contributed by atoms with Crippen molar-refractivity contribution in [2.45, 2.75) is 71.1 Å². The molecule has 0 spiro atoms. The van der Waals surface area contributed by atoms with E-state index in [9.17, 15) is 0 Å². The Labute approximate surface area is 223 Å². The van der Waals surface area contributed by atoms with Crippen molar-refractivity contribution in [3.05, 3.63) is 95.7 Å². The van der Waals surface area contributed by atoms with Gasteiger partial charge < -0.3 is 10.0 Å². The zero-order valence-corrected chi connectivity index (χ0v) is 23.4. The lowest BCUT2D eigenvalue weighted by atomic mass is 9.81. The van der Waals surface area contributed by atoms with Gasteiger partial charge in [-0.1, -0.05) is 94.7 Å². The maximum Gasteiger partial charge on any atom is 0.290 e. The van der Waals surface area contributed by atoms with Crippen LogP contribution in [-0.4, -0.2) is 35.5 Å². The predicted octanol–water partition coefficient (Wildman–Crippen LogP) is 7.77. The van der Waals surface area contributed by atoms with Gasteiger partial charge in [-0.25, -0.2) is 0 Å². The van der Waals surface area contributed by atoms with Gasteiger partial charge in [0.25, 0.3) is 6.47 Å². The van der Waals surface area contributed by atoms with Crippen LogP contribution in [0.2, 0.25) is 0 Å². The largest absolute Gasteiger partial charge is 0.483 e. The minimum atomic E-state index is -0.250. The van der Waals surface area contributed by atoms with Crippen LogP contribution in [0, 0.1) is 0 Å². The van der Waals surface area contributed by atoms with Crippen LogP contribution in [-0.2, 0) is 15.6 Å². The van der Waals surface area contributed by atoms with E-state index in [1.807, 2.05) is 0 Å². The standard InChI is InChI=1S/C32H41N2.CH2O2/c1-7-8-9-17-24-34-28-21-16-14-19-26(28)32(4,5)30(34)23-12-10-11-22-29-31(2,3)25-18-13-15-20-27(25)33(29)6;2-1-3/h10-16,18-23H,7-9,17,24H2,1-6H3;1H,(H,2,3)/q+1;. The van der Waals surface area contributed by atoms with Gasteiger partial charge in [-0.2, -0.15) is 4.58 Å². The van der Waals surface area contributed by atoms with Crippen molar-refractivity contribution in [3.8, 4) is 0 Å². The van der Waals surface area contributed by atoms with Crippen molar-refractivity contribution in [2.75, 3.05) is 18.5 Å². The summed E-state index contributed by atoms with van der Waals surface area (Å²) in [7, 11) is 2.17. The highest BCUT2D eigenvalue weighted by Crippen LogP contribution is 2.47. The third kappa shape index (κ3) is 5.79. The number of carbonyl (C=O) groups is 1. The first-order valence-corrected chi connectivity index (χ1v) is 13.4. The molecule has 0 saturated heterocycles. The normalized spacial score (nSPS) is 18.3. The molecule has 2 aliphatic rings. The molecular weight excluding hydrogens is 456 g/mol. The molecule has 1 N–H and O–H groups in total. The molecule has 0 unspecified atom stereocenters. The summed E-state index contributed by atoms with van der Waals surface area (Å²) in [5.74, 6) is 0. The van der Waals surface area contributed by atoms with E-state index in [-0.39, 0.29) is 17.3 Å². The molecule has 0 bridgehead atoms. The molecule has 0 atom stereocenters. The van der Waals surface area contributed by atoms with E-state index < -0.39 is 0 Å². The Kier molecular flexibility index (Phi) is 9.31. The number of anilines is 1. The number of nitrogens with zero attached hydrogens (tertiary/aromatic N) is 2. The number of para-hydroxylation sites is 2. The van der Waals surface area contributed by atoms with Crippen LogP contribution in [0.5, 0.6) is 0 Å².